The van der Waals surface area contributed by atoms with Crippen molar-refractivity contribution in [1.82, 2.24) is 24.5 Å². The van der Waals surface area contributed by atoms with Gasteiger partial charge in [-0.05, 0) is 31.8 Å². The number of aromatic nitrogens is 5. The quantitative estimate of drug-likeness (QED) is 0.913. The molecule has 0 radical (unpaired) electrons. The molecule has 0 saturated carbocycles. The lowest BCUT2D eigenvalue weighted by Crippen LogP contribution is -2.22. The summed E-state index contributed by atoms with van der Waals surface area (Å²) in [7, 11) is 0. The van der Waals surface area contributed by atoms with E-state index in [0.717, 1.165) is 49.7 Å². The van der Waals surface area contributed by atoms with Gasteiger partial charge in [-0.25, -0.2) is 0 Å². The van der Waals surface area contributed by atoms with Crippen LogP contribution in [-0.4, -0.2) is 37.2 Å². The summed E-state index contributed by atoms with van der Waals surface area (Å²) < 4.78 is 9.71. The van der Waals surface area contributed by atoms with Crippen LogP contribution in [0.5, 0.6) is 0 Å². The molecule has 7 nitrogen and oxygen atoms in total. The molecule has 1 atom stereocenters. The third-order valence-electron chi connectivity index (χ3n) is 4.43. The molecule has 2 aromatic heterocycles. The largest absolute Gasteiger partial charge is 0.497 e. The molecule has 23 heavy (non-hydrogen) atoms. The van der Waals surface area contributed by atoms with Crippen molar-refractivity contribution in [1.29, 1.82) is 0 Å². The Kier molecular flexibility index (Phi) is 4.00. The maximum Gasteiger partial charge on any atom is 0.154 e. The summed E-state index contributed by atoms with van der Waals surface area (Å²) in [6, 6.07) is 0. The number of rotatable bonds is 5. The predicted octanol–water partition coefficient (Wildman–Crippen LogP) is 1.96. The number of fused-ring (bicyclic) bond motifs is 1. The third-order valence-corrected chi connectivity index (χ3v) is 4.43. The Bertz CT molecular complexity index is 689. The van der Waals surface area contributed by atoms with E-state index in [9.17, 15) is 0 Å². The Balaban J connectivity index is 1.36. The van der Waals surface area contributed by atoms with Gasteiger partial charge in [-0.1, -0.05) is 0 Å². The highest BCUT2D eigenvalue weighted by atomic mass is 16.5. The molecule has 1 N–H and O–H groups in total. The van der Waals surface area contributed by atoms with Crippen LogP contribution in [0.4, 0.5) is 5.69 Å². The summed E-state index contributed by atoms with van der Waals surface area (Å²) >= 11 is 0. The van der Waals surface area contributed by atoms with Crippen molar-refractivity contribution >= 4 is 5.69 Å². The first-order chi connectivity index (χ1) is 11.4. The van der Waals surface area contributed by atoms with E-state index in [-0.39, 0.29) is 6.10 Å². The highest BCUT2D eigenvalue weighted by molar-refractivity contribution is 5.38. The first kappa shape index (κ1) is 14.3. The number of aryl methyl sites for hydroxylation is 1. The van der Waals surface area contributed by atoms with Gasteiger partial charge in [0, 0.05) is 19.2 Å². The minimum atomic E-state index is 0.242. The summed E-state index contributed by atoms with van der Waals surface area (Å²) in [5.41, 5.74) is 1.02. The van der Waals surface area contributed by atoms with Crippen molar-refractivity contribution in [3.05, 3.63) is 36.4 Å². The molecule has 0 aliphatic carbocycles. The molecule has 1 unspecified atom stereocenters. The molecule has 4 rings (SSSR count). The smallest absolute Gasteiger partial charge is 0.154 e. The minimum absolute atomic E-state index is 0.242. The zero-order chi connectivity index (χ0) is 15.5. The number of nitrogens with zero attached hydrogens (tertiary/aromatic N) is 5. The minimum Gasteiger partial charge on any atom is -0.497 e. The molecule has 2 aromatic rings. The van der Waals surface area contributed by atoms with Crippen molar-refractivity contribution in [3.63, 3.8) is 0 Å². The number of nitrogens with one attached hydrogen (secondary N) is 1. The number of anilines is 1. The van der Waals surface area contributed by atoms with Gasteiger partial charge in [0.1, 0.15) is 18.5 Å². The lowest BCUT2D eigenvalue weighted by Gasteiger charge is -2.19. The first-order valence-electron chi connectivity index (χ1n) is 8.36. The lowest BCUT2D eigenvalue weighted by molar-refractivity contribution is 0.135. The Morgan fingerprint density at radius 2 is 2.30 bits per heavy atom. The van der Waals surface area contributed by atoms with Gasteiger partial charge in [-0.2, -0.15) is 5.10 Å². The van der Waals surface area contributed by atoms with Crippen LogP contribution < -0.4 is 5.32 Å². The van der Waals surface area contributed by atoms with E-state index < -0.39 is 0 Å². The summed E-state index contributed by atoms with van der Waals surface area (Å²) in [6.07, 6.45) is 13.6. The van der Waals surface area contributed by atoms with Crippen LogP contribution >= 0.6 is 0 Å². The lowest BCUT2D eigenvalue weighted by atomic mass is 10.1. The zero-order valence-corrected chi connectivity index (χ0v) is 13.2. The number of ether oxygens (including phenoxy) is 1. The summed E-state index contributed by atoms with van der Waals surface area (Å²) in [4.78, 5) is 0. The summed E-state index contributed by atoms with van der Waals surface area (Å²) in [6.45, 7) is 2.49. The van der Waals surface area contributed by atoms with Gasteiger partial charge in [-0.15, -0.1) is 10.2 Å². The normalized spacial score (nSPS) is 20.1. The molecule has 0 saturated heterocycles. The summed E-state index contributed by atoms with van der Waals surface area (Å²) in [5.74, 6) is 2.11. The molecule has 0 fully saturated rings. The standard InChI is InChI=1S/C16H22N6O/c1-3-7-22-15(6-1)19-20-16(22)12-21-11-13(9-18-21)17-10-14-5-2-4-8-23-14/h4,8-9,11,14,17H,1-3,5-7,10,12H2. The molecule has 0 spiro atoms. The molecule has 0 amide bonds. The first-order valence-corrected chi connectivity index (χ1v) is 8.36. The Morgan fingerprint density at radius 3 is 3.22 bits per heavy atom. The fourth-order valence-corrected chi connectivity index (χ4v) is 3.14. The zero-order valence-electron chi connectivity index (χ0n) is 13.2. The topological polar surface area (TPSA) is 69.8 Å². The number of hydrogen-bond donors (Lipinski definition) is 1. The van der Waals surface area contributed by atoms with Crippen molar-refractivity contribution in [2.75, 3.05) is 11.9 Å². The second kappa shape index (κ2) is 6.44. The van der Waals surface area contributed by atoms with Gasteiger partial charge in [0.25, 0.3) is 0 Å². The monoisotopic (exact) mass is 314 g/mol. The predicted molar refractivity (Wildman–Crippen MR) is 86.0 cm³/mol. The van der Waals surface area contributed by atoms with Crippen molar-refractivity contribution < 1.29 is 4.74 Å². The van der Waals surface area contributed by atoms with E-state index in [0.29, 0.717) is 6.54 Å². The van der Waals surface area contributed by atoms with Crippen molar-refractivity contribution in [2.24, 2.45) is 0 Å². The fraction of sp³-hybridized carbons (Fsp3) is 0.562. The van der Waals surface area contributed by atoms with Crippen LogP contribution in [0.2, 0.25) is 0 Å². The Labute approximate surface area is 135 Å². The van der Waals surface area contributed by atoms with Gasteiger partial charge in [0.05, 0.1) is 24.7 Å². The third kappa shape index (κ3) is 3.23. The van der Waals surface area contributed by atoms with E-state index in [2.05, 4.69) is 31.3 Å². The van der Waals surface area contributed by atoms with E-state index in [1.807, 2.05) is 17.1 Å². The second-order valence-electron chi connectivity index (χ2n) is 6.16. The van der Waals surface area contributed by atoms with Crippen LogP contribution in [0.1, 0.15) is 37.3 Å². The van der Waals surface area contributed by atoms with Crippen molar-refractivity contribution in [3.8, 4) is 0 Å². The van der Waals surface area contributed by atoms with Crippen LogP contribution in [0, 0.1) is 0 Å². The van der Waals surface area contributed by atoms with Crippen LogP contribution in [0.15, 0.2) is 24.7 Å². The van der Waals surface area contributed by atoms with E-state index in [4.69, 9.17) is 4.74 Å². The molecule has 2 aliphatic rings. The molecule has 7 heteroatoms. The Hall–Kier alpha value is -2.31. The average molecular weight is 314 g/mol. The van der Waals surface area contributed by atoms with E-state index >= 15 is 0 Å². The molecule has 122 valence electrons. The van der Waals surface area contributed by atoms with E-state index in [1.54, 1.807) is 6.26 Å². The van der Waals surface area contributed by atoms with Gasteiger partial charge >= 0.3 is 0 Å². The van der Waals surface area contributed by atoms with Crippen LogP contribution in [0.3, 0.4) is 0 Å². The molecule has 0 aromatic carbocycles. The molecular formula is C16H22N6O. The molecule has 2 aliphatic heterocycles. The fourth-order valence-electron chi connectivity index (χ4n) is 3.14. The summed E-state index contributed by atoms with van der Waals surface area (Å²) in [5, 5.41) is 16.4. The van der Waals surface area contributed by atoms with E-state index in [1.165, 1.54) is 12.8 Å². The average Bonchev–Trinajstić information content (AvgIpc) is 3.22. The molecule has 0 bridgehead atoms. The van der Waals surface area contributed by atoms with Gasteiger partial charge in [-0.3, -0.25) is 4.68 Å². The number of hydrogen-bond acceptors (Lipinski definition) is 5. The second-order valence-corrected chi connectivity index (χ2v) is 6.16. The number of allylic oxidation sites excluding steroid dienone is 1. The van der Waals surface area contributed by atoms with Gasteiger partial charge < -0.3 is 14.6 Å². The SMILES string of the molecule is C1=COC(CNc2cnn(Cc3nnc4n3CCCC4)c2)CC1. The maximum atomic E-state index is 5.56. The highest BCUT2D eigenvalue weighted by Crippen LogP contribution is 2.16. The van der Waals surface area contributed by atoms with Crippen molar-refractivity contribution in [2.45, 2.75) is 51.3 Å². The van der Waals surface area contributed by atoms with Crippen LogP contribution in [-0.2, 0) is 24.2 Å². The highest BCUT2D eigenvalue weighted by Gasteiger charge is 2.16. The van der Waals surface area contributed by atoms with Gasteiger partial charge in [0.2, 0.25) is 0 Å². The van der Waals surface area contributed by atoms with Gasteiger partial charge in [0.15, 0.2) is 5.82 Å². The van der Waals surface area contributed by atoms with Crippen LogP contribution in [0.25, 0.3) is 0 Å². The molecular weight excluding hydrogens is 292 g/mol. The maximum absolute atomic E-state index is 5.56. The molecule has 4 heterocycles. The Morgan fingerprint density at radius 1 is 1.30 bits per heavy atom.